The Hall–Kier alpha value is -0.880. The molecule has 5 nitrogen and oxygen atoms in total. The predicted octanol–water partition coefficient (Wildman–Crippen LogP) is 1.28. The van der Waals surface area contributed by atoms with E-state index in [-0.39, 0.29) is 5.92 Å². The highest BCUT2D eigenvalue weighted by Crippen LogP contribution is 2.28. The van der Waals surface area contributed by atoms with Crippen LogP contribution in [-0.2, 0) is 29.2 Å². The number of rotatable bonds is 7. The van der Waals surface area contributed by atoms with Gasteiger partial charge in [0.15, 0.2) is 9.84 Å². The molecule has 6 heteroatoms. The average Bonchev–Trinajstić information content (AvgIpc) is 3.01. The van der Waals surface area contributed by atoms with Crippen LogP contribution in [0.5, 0.6) is 0 Å². The Morgan fingerprint density at radius 1 is 1.48 bits per heavy atom. The topological polar surface area (TPSA) is 64.0 Å². The Bertz CT molecular complexity index is 565. The minimum atomic E-state index is -2.82. The molecule has 2 unspecified atom stereocenters. The summed E-state index contributed by atoms with van der Waals surface area (Å²) in [7, 11) is -0.881. The van der Waals surface area contributed by atoms with Crippen LogP contribution in [0.1, 0.15) is 31.7 Å². The largest absolute Gasteiger partial charge is 0.319 e. The quantitative estimate of drug-likeness (QED) is 0.823. The third-order valence-corrected chi connectivity index (χ3v) is 6.24. The second-order valence-electron chi connectivity index (χ2n) is 5.98. The molecule has 0 amide bonds. The lowest BCUT2D eigenvalue weighted by molar-refractivity contribution is 0.343. The molecule has 2 atom stereocenters. The summed E-state index contributed by atoms with van der Waals surface area (Å²) in [6, 6.07) is 2.18. The predicted molar refractivity (Wildman–Crippen MR) is 85.2 cm³/mol. The summed E-state index contributed by atoms with van der Waals surface area (Å²) in [4.78, 5) is 0. The van der Waals surface area contributed by atoms with E-state index in [0.717, 1.165) is 38.0 Å². The van der Waals surface area contributed by atoms with Gasteiger partial charge < -0.3 is 5.32 Å². The van der Waals surface area contributed by atoms with E-state index in [4.69, 9.17) is 0 Å². The minimum Gasteiger partial charge on any atom is -0.319 e. The van der Waals surface area contributed by atoms with Gasteiger partial charge >= 0.3 is 0 Å². The first-order chi connectivity index (χ1) is 9.99. The first-order valence-electron chi connectivity index (χ1n) is 7.89. The number of hydrogen-bond acceptors (Lipinski definition) is 4. The third-order valence-electron chi connectivity index (χ3n) is 4.45. The zero-order valence-electron chi connectivity index (χ0n) is 13.3. The normalized spacial score (nSPS) is 22.5. The molecule has 0 aliphatic carbocycles. The molecule has 1 aromatic rings. The van der Waals surface area contributed by atoms with Crippen LogP contribution >= 0.6 is 0 Å². The molecule has 1 aliphatic heterocycles. The van der Waals surface area contributed by atoms with Crippen molar-refractivity contribution in [3.8, 4) is 0 Å². The highest BCUT2D eigenvalue weighted by atomic mass is 32.2. The van der Waals surface area contributed by atoms with E-state index in [1.54, 1.807) is 0 Å². The number of sulfone groups is 1. The molecule has 1 fully saturated rings. The van der Waals surface area contributed by atoms with E-state index >= 15 is 0 Å². The fourth-order valence-electron chi connectivity index (χ4n) is 3.26. The van der Waals surface area contributed by atoms with Gasteiger partial charge in [0.25, 0.3) is 0 Å². The molecule has 2 rings (SSSR count). The number of aryl methyl sites for hydroxylation is 2. The van der Waals surface area contributed by atoms with Crippen molar-refractivity contribution >= 4 is 9.84 Å². The van der Waals surface area contributed by atoms with Crippen LogP contribution in [0, 0.1) is 11.8 Å². The van der Waals surface area contributed by atoms with Crippen LogP contribution in [0.25, 0.3) is 0 Å². The SMILES string of the molecule is CCc1cc(CC(CNC)C2CCS(=O)(=O)C2)n(CC)n1. The molecule has 1 N–H and O–H groups in total. The summed E-state index contributed by atoms with van der Waals surface area (Å²) in [5.41, 5.74) is 2.35. The lowest BCUT2D eigenvalue weighted by atomic mass is 9.87. The molecule has 120 valence electrons. The van der Waals surface area contributed by atoms with Crippen LogP contribution in [0.2, 0.25) is 0 Å². The van der Waals surface area contributed by atoms with Gasteiger partial charge in [0.05, 0.1) is 17.2 Å². The van der Waals surface area contributed by atoms with Crippen molar-refractivity contribution in [3.63, 3.8) is 0 Å². The molecule has 0 saturated carbocycles. The first-order valence-corrected chi connectivity index (χ1v) is 9.71. The molecule has 1 aliphatic rings. The molecule has 1 saturated heterocycles. The summed E-state index contributed by atoms with van der Waals surface area (Å²) in [6.07, 6.45) is 2.64. The standard InChI is InChI=1S/C15H27N3O2S/c1-4-14-9-15(18(5-2)17-14)8-13(10-16-3)12-6-7-21(19,20)11-12/h9,12-13,16H,4-8,10-11H2,1-3H3. The van der Waals surface area contributed by atoms with Crippen molar-refractivity contribution in [2.75, 3.05) is 25.1 Å². The van der Waals surface area contributed by atoms with Crippen molar-refractivity contribution in [1.82, 2.24) is 15.1 Å². The lowest BCUT2D eigenvalue weighted by Gasteiger charge is -2.22. The molecular formula is C15H27N3O2S. The van der Waals surface area contributed by atoms with Crippen LogP contribution in [0.3, 0.4) is 0 Å². The van der Waals surface area contributed by atoms with Gasteiger partial charge in [-0.25, -0.2) is 8.42 Å². The van der Waals surface area contributed by atoms with E-state index in [1.807, 2.05) is 7.05 Å². The van der Waals surface area contributed by atoms with Crippen LogP contribution in [-0.4, -0.2) is 43.3 Å². The highest BCUT2D eigenvalue weighted by molar-refractivity contribution is 7.91. The van der Waals surface area contributed by atoms with Gasteiger partial charge in [-0.15, -0.1) is 0 Å². The Morgan fingerprint density at radius 3 is 2.76 bits per heavy atom. The molecular weight excluding hydrogens is 286 g/mol. The summed E-state index contributed by atoms with van der Waals surface area (Å²) in [6.45, 7) is 5.94. The van der Waals surface area contributed by atoms with E-state index in [1.165, 1.54) is 5.69 Å². The third kappa shape index (κ3) is 4.07. The van der Waals surface area contributed by atoms with E-state index < -0.39 is 9.84 Å². The summed E-state index contributed by atoms with van der Waals surface area (Å²) in [5.74, 6) is 1.33. The lowest BCUT2D eigenvalue weighted by Crippen LogP contribution is -2.29. The van der Waals surface area contributed by atoms with Gasteiger partial charge in [-0.3, -0.25) is 4.68 Å². The van der Waals surface area contributed by atoms with Crippen molar-refractivity contribution in [2.24, 2.45) is 11.8 Å². The van der Waals surface area contributed by atoms with Gasteiger partial charge in [-0.05, 0) is 57.7 Å². The van der Waals surface area contributed by atoms with Gasteiger partial charge in [0.2, 0.25) is 0 Å². The van der Waals surface area contributed by atoms with Gasteiger partial charge in [-0.2, -0.15) is 5.10 Å². The van der Waals surface area contributed by atoms with Gasteiger partial charge in [0, 0.05) is 12.2 Å². The van der Waals surface area contributed by atoms with Crippen LogP contribution in [0.15, 0.2) is 6.07 Å². The minimum absolute atomic E-state index is 0.271. The fraction of sp³-hybridized carbons (Fsp3) is 0.800. The Kier molecular flexibility index (Phi) is 5.43. The molecule has 0 radical (unpaired) electrons. The Morgan fingerprint density at radius 2 is 2.24 bits per heavy atom. The number of nitrogens with zero attached hydrogens (tertiary/aromatic N) is 2. The fourth-order valence-corrected chi connectivity index (χ4v) is 5.18. The van der Waals surface area contributed by atoms with E-state index in [2.05, 4.69) is 35.0 Å². The maximum Gasteiger partial charge on any atom is 0.150 e. The second-order valence-corrected chi connectivity index (χ2v) is 8.21. The van der Waals surface area contributed by atoms with E-state index in [0.29, 0.717) is 17.4 Å². The first kappa shape index (κ1) is 16.5. The van der Waals surface area contributed by atoms with Gasteiger partial charge in [0.1, 0.15) is 0 Å². The molecule has 1 aromatic heterocycles. The Balaban J connectivity index is 2.14. The average molecular weight is 313 g/mol. The molecule has 0 aromatic carbocycles. The number of hydrogen-bond donors (Lipinski definition) is 1. The highest BCUT2D eigenvalue weighted by Gasteiger charge is 2.33. The zero-order valence-corrected chi connectivity index (χ0v) is 14.1. The van der Waals surface area contributed by atoms with Crippen molar-refractivity contribution in [1.29, 1.82) is 0 Å². The summed E-state index contributed by atoms with van der Waals surface area (Å²) in [5, 5.41) is 7.82. The smallest absolute Gasteiger partial charge is 0.150 e. The van der Waals surface area contributed by atoms with E-state index in [9.17, 15) is 8.42 Å². The summed E-state index contributed by atoms with van der Waals surface area (Å²) >= 11 is 0. The monoisotopic (exact) mass is 313 g/mol. The molecule has 0 spiro atoms. The maximum atomic E-state index is 11.7. The van der Waals surface area contributed by atoms with Crippen molar-refractivity contribution < 1.29 is 8.42 Å². The molecule has 0 bridgehead atoms. The zero-order chi connectivity index (χ0) is 15.5. The van der Waals surface area contributed by atoms with Crippen molar-refractivity contribution in [2.45, 2.75) is 39.7 Å². The summed E-state index contributed by atoms with van der Waals surface area (Å²) < 4.78 is 25.5. The molecule has 21 heavy (non-hydrogen) atoms. The second kappa shape index (κ2) is 6.92. The van der Waals surface area contributed by atoms with Crippen LogP contribution in [0.4, 0.5) is 0 Å². The number of nitrogens with one attached hydrogen (secondary N) is 1. The molecule has 2 heterocycles. The van der Waals surface area contributed by atoms with Crippen LogP contribution < -0.4 is 5.32 Å². The Labute approximate surface area is 128 Å². The maximum absolute atomic E-state index is 11.7. The van der Waals surface area contributed by atoms with Crippen molar-refractivity contribution in [3.05, 3.63) is 17.5 Å². The number of aromatic nitrogens is 2. The van der Waals surface area contributed by atoms with Gasteiger partial charge in [-0.1, -0.05) is 6.92 Å².